The maximum Gasteiger partial charge on any atom is 0.416 e. The van der Waals surface area contributed by atoms with Crippen LogP contribution in [0.5, 0.6) is 0 Å². The van der Waals surface area contributed by atoms with Gasteiger partial charge in [-0.05, 0) is 35.9 Å². The average molecular weight is 393 g/mol. The molecule has 0 aliphatic rings. The van der Waals surface area contributed by atoms with Crippen LogP contribution in [0.25, 0.3) is 0 Å². The van der Waals surface area contributed by atoms with Crippen LogP contribution in [0.3, 0.4) is 0 Å². The van der Waals surface area contributed by atoms with Gasteiger partial charge in [0.2, 0.25) is 5.95 Å². The highest BCUT2D eigenvalue weighted by Gasteiger charge is 2.32. The number of carbonyl (C=O) groups excluding carboxylic acids is 1. The lowest BCUT2D eigenvalue weighted by molar-refractivity contribution is -0.137. The number of rotatable bonds is 5. The molecule has 0 fully saturated rings. The van der Waals surface area contributed by atoms with Crippen LogP contribution in [0.2, 0.25) is 0 Å². The second-order valence-electron chi connectivity index (χ2n) is 5.83. The normalized spacial score (nSPS) is 11.3. The third-order valence-electron chi connectivity index (χ3n) is 3.77. The number of carbonyl (C=O) groups is 1. The Kier molecular flexibility index (Phi) is 5.34. The van der Waals surface area contributed by atoms with Gasteiger partial charge in [0.1, 0.15) is 11.6 Å². The number of ketones is 1. The van der Waals surface area contributed by atoms with E-state index in [2.05, 4.69) is 15.3 Å². The van der Waals surface area contributed by atoms with Crippen LogP contribution in [0.1, 0.15) is 27.0 Å². The number of aromatic nitrogens is 2. The number of nitrogens with zero attached hydrogens (tertiary/aromatic N) is 2. The molecule has 0 spiro atoms. The lowest BCUT2D eigenvalue weighted by Gasteiger charge is -2.09. The Hall–Kier alpha value is -3.36. The van der Waals surface area contributed by atoms with Crippen molar-refractivity contribution in [3.63, 3.8) is 0 Å². The summed E-state index contributed by atoms with van der Waals surface area (Å²) < 4.78 is 64.7. The highest BCUT2D eigenvalue weighted by Crippen LogP contribution is 2.30. The van der Waals surface area contributed by atoms with Gasteiger partial charge >= 0.3 is 6.18 Å². The van der Waals surface area contributed by atoms with Crippen LogP contribution >= 0.6 is 0 Å². The molecule has 2 aromatic carbocycles. The lowest BCUT2D eigenvalue weighted by Crippen LogP contribution is -2.10. The first-order chi connectivity index (χ1) is 13.2. The molecule has 0 saturated heterocycles. The van der Waals surface area contributed by atoms with Crippen LogP contribution in [-0.4, -0.2) is 15.8 Å². The standard InChI is InChI=1S/C19H12F5N3O/c20-15-3-1-11(2-4-15)8-25-18-26-9-13(10-27-18)17(28)12-5-14(19(22,23)24)7-16(21)6-12/h1-7,9-10H,8H2,(H,25,26,27). The number of halogens is 5. The highest BCUT2D eigenvalue weighted by atomic mass is 19.4. The number of anilines is 1. The molecule has 9 heteroatoms. The number of hydrogen-bond acceptors (Lipinski definition) is 4. The molecule has 0 radical (unpaired) electrons. The van der Waals surface area contributed by atoms with Gasteiger partial charge in [-0.3, -0.25) is 4.79 Å². The van der Waals surface area contributed by atoms with Crippen LogP contribution in [0.15, 0.2) is 54.9 Å². The maximum absolute atomic E-state index is 13.5. The van der Waals surface area contributed by atoms with Gasteiger partial charge in [0.05, 0.1) is 11.1 Å². The van der Waals surface area contributed by atoms with Crippen LogP contribution in [0, 0.1) is 11.6 Å². The number of nitrogens with one attached hydrogen (secondary N) is 1. The van der Waals surface area contributed by atoms with E-state index >= 15 is 0 Å². The summed E-state index contributed by atoms with van der Waals surface area (Å²) in [5.74, 6) is -2.21. The largest absolute Gasteiger partial charge is 0.416 e. The second kappa shape index (κ2) is 7.71. The van der Waals surface area contributed by atoms with Crippen molar-refractivity contribution in [3.05, 3.63) is 88.7 Å². The molecule has 0 bridgehead atoms. The van der Waals surface area contributed by atoms with E-state index in [-0.39, 0.29) is 17.3 Å². The fourth-order valence-corrected chi connectivity index (χ4v) is 2.37. The van der Waals surface area contributed by atoms with Gasteiger partial charge < -0.3 is 5.32 Å². The first-order valence-electron chi connectivity index (χ1n) is 7.95. The van der Waals surface area contributed by atoms with E-state index < -0.39 is 28.9 Å². The first kappa shape index (κ1) is 19.4. The Balaban J connectivity index is 1.73. The van der Waals surface area contributed by atoms with Gasteiger partial charge in [-0.2, -0.15) is 13.2 Å². The van der Waals surface area contributed by atoms with Crippen molar-refractivity contribution in [3.8, 4) is 0 Å². The zero-order valence-electron chi connectivity index (χ0n) is 14.1. The van der Waals surface area contributed by atoms with Gasteiger partial charge in [-0.25, -0.2) is 18.7 Å². The zero-order valence-corrected chi connectivity index (χ0v) is 14.1. The average Bonchev–Trinajstić information content (AvgIpc) is 2.66. The van der Waals surface area contributed by atoms with E-state index in [1.54, 1.807) is 12.1 Å². The van der Waals surface area contributed by atoms with Gasteiger partial charge in [0.25, 0.3) is 0 Å². The quantitative estimate of drug-likeness (QED) is 0.508. The minimum Gasteiger partial charge on any atom is -0.350 e. The molecule has 0 unspecified atom stereocenters. The molecular weight excluding hydrogens is 381 g/mol. The SMILES string of the molecule is O=C(c1cnc(NCc2ccc(F)cc2)nc1)c1cc(F)cc(C(F)(F)F)c1. The lowest BCUT2D eigenvalue weighted by atomic mass is 10.0. The van der Waals surface area contributed by atoms with Crippen LogP contribution < -0.4 is 5.32 Å². The molecule has 3 rings (SSSR count). The summed E-state index contributed by atoms with van der Waals surface area (Å²) in [6, 6.07) is 7.35. The Morgan fingerprint density at radius 1 is 0.893 bits per heavy atom. The highest BCUT2D eigenvalue weighted by molar-refractivity contribution is 6.08. The Bertz CT molecular complexity index is 986. The molecule has 1 heterocycles. The molecule has 0 aliphatic carbocycles. The van der Waals surface area contributed by atoms with Crippen molar-refractivity contribution in [2.24, 2.45) is 0 Å². The van der Waals surface area contributed by atoms with E-state index in [4.69, 9.17) is 0 Å². The number of hydrogen-bond donors (Lipinski definition) is 1. The summed E-state index contributed by atoms with van der Waals surface area (Å²) in [7, 11) is 0. The molecule has 1 N–H and O–H groups in total. The molecule has 144 valence electrons. The summed E-state index contributed by atoms with van der Waals surface area (Å²) in [5, 5.41) is 2.86. The minimum absolute atomic E-state index is 0.0916. The fraction of sp³-hybridized carbons (Fsp3) is 0.105. The molecular formula is C19H12F5N3O. The van der Waals surface area contributed by atoms with E-state index in [1.807, 2.05) is 0 Å². The Morgan fingerprint density at radius 3 is 2.14 bits per heavy atom. The summed E-state index contributed by atoms with van der Waals surface area (Å²) in [6.45, 7) is 0.298. The molecule has 0 atom stereocenters. The monoisotopic (exact) mass is 393 g/mol. The number of benzene rings is 2. The third-order valence-corrected chi connectivity index (χ3v) is 3.77. The smallest absolute Gasteiger partial charge is 0.350 e. The van der Waals surface area contributed by atoms with E-state index in [0.717, 1.165) is 24.0 Å². The Morgan fingerprint density at radius 2 is 1.54 bits per heavy atom. The summed E-state index contributed by atoms with van der Waals surface area (Å²) in [4.78, 5) is 20.2. The van der Waals surface area contributed by atoms with Crippen molar-refractivity contribution in [1.82, 2.24) is 9.97 Å². The van der Waals surface area contributed by atoms with Crippen molar-refractivity contribution in [2.75, 3.05) is 5.32 Å². The minimum atomic E-state index is -4.78. The third kappa shape index (κ3) is 4.67. The molecule has 0 saturated carbocycles. The predicted molar refractivity (Wildman–Crippen MR) is 90.6 cm³/mol. The van der Waals surface area contributed by atoms with Crippen molar-refractivity contribution < 1.29 is 26.7 Å². The topological polar surface area (TPSA) is 54.9 Å². The Labute approximate surface area is 156 Å². The van der Waals surface area contributed by atoms with E-state index in [9.17, 15) is 26.7 Å². The van der Waals surface area contributed by atoms with Gasteiger partial charge in [0.15, 0.2) is 5.78 Å². The summed E-state index contributed by atoms with van der Waals surface area (Å²) >= 11 is 0. The first-order valence-corrected chi connectivity index (χ1v) is 7.95. The van der Waals surface area contributed by atoms with Crippen LogP contribution in [0.4, 0.5) is 27.9 Å². The molecule has 0 aliphatic heterocycles. The van der Waals surface area contributed by atoms with Gasteiger partial charge in [-0.1, -0.05) is 12.1 Å². The molecule has 3 aromatic rings. The van der Waals surface area contributed by atoms with Crippen molar-refractivity contribution in [2.45, 2.75) is 12.7 Å². The predicted octanol–water partition coefficient (Wildman–Crippen LogP) is 4.62. The van der Waals surface area contributed by atoms with Crippen LogP contribution in [-0.2, 0) is 12.7 Å². The fourth-order valence-electron chi connectivity index (χ4n) is 2.37. The summed E-state index contributed by atoms with van der Waals surface area (Å²) in [6.07, 6.45) is -2.53. The molecule has 1 aromatic heterocycles. The van der Waals surface area contributed by atoms with E-state index in [0.29, 0.717) is 18.7 Å². The van der Waals surface area contributed by atoms with Gasteiger partial charge in [-0.15, -0.1) is 0 Å². The zero-order chi connectivity index (χ0) is 20.3. The number of alkyl halides is 3. The maximum atomic E-state index is 13.5. The van der Waals surface area contributed by atoms with E-state index in [1.165, 1.54) is 12.1 Å². The molecule has 0 amide bonds. The summed E-state index contributed by atoms with van der Waals surface area (Å²) in [5.41, 5.74) is -1.03. The van der Waals surface area contributed by atoms with Crippen molar-refractivity contribution in [1.29, 1.82) is 0 Å². The molecule has 28 heavy (non-hydrogen) atoms. The molecule has 4 nitrogen and oxygen atoms in total. The van der Waals surface area contributed by atoms with Gasteiger partial charge in [0, 0.05) is 24.5 Å². The second-order valence-corrected chi connectivity index (χ2v) is 5.83. The van der Waals surface area contributed by atoms with Crippen molar-refractivity contribution >= 4 is 11.7 Å².